The van der Waals surface area contributed by atoms with Crippen molar-refractivity contribution in [3.8, 4) is 0 Å². The van der Waals surface area contributed by atoms with E-state index in [2.05, 4.69) is 20.7 Å². The molecule has 0 aromatic carbocycles. The fourth-order valence-electron chi connectivity index (χ4n) is 1.55. The molecule has 0 unspecified atom stereocenters. The number of aliphatic hydroxyl groups excluding tert-OH is 1. The van der Waals surface area contributed by atoms with Crippen molar-refractivity contribution < 1.29 is 5.11 Å². The number of rotatable bonds is 7. The van der Waals surface area contributed by atoms with Crippen LogP contribution in [0.25, 0.3) is 0 Å². The van der Waals surface area contributed by atoms with Gasteiger partial charge in [-0.1, -0.05) is 13.8 Å². The van der Waals surface area contributed by atoms with E-state index in [-0.39, 0.29) is 12.5 Å². The largest absolute Gasteiger partial charge is 0.396 e. The summed E-state index contributed by atoms with van der Waals surface area (Å²) in [5.41, 5.74) is 3.51. The van der Waals surface area contributed by atoms with E-state index in [0.717, 1.165) is 36.6 Å². The van der Waals surface area contributed by atoms with Crippen molar-refractivity contribution in [2.24, 2.45) is 5.84 Å². The highest BCUT2D eigenvalue weighted by molar-refractivity contribution is 5.56. The second-order valence-corrected chi connectivity index (χ2v) is 4.56. The summed E-state index contributed by atoms with van der Waals surface area (Å²) in [6, 6.07) is 0. The van der Waals surface area contributed by atoms with Crippen LogP contribution < -0.4 is 16.6 Å². The molecule has 0 saturated heterocycles. The van der Waals surface area contributed by atoms with E-state index in [4.69, 9.17) is 10.9 Å². The minimum atomic E-state index is 0.220. The van der Waals surface area contributed by atoms with Gasteiger partial charge < -0.3 is 15.8 Å². The van der Waals surface area contributed by atoms with Gasteiger partial charge in [-0.05, 0) is 19.8 Å². The molecule has 0 atom stereocenters. The number of aromatic nitrogens is 2. The Hall–Kier alpha value is -1.40. The molecule has 0 bridgehead atoms. The molecule has 0 aliphatic rings. The topological polar surface area (TPSA) is 96.1 Å². The number of nitrogens with two attached hydrogens (primary N) is 1. The molecule has 1 aromatic heterocycles. The van der Waals surface area contributed by atoms with E-state index in [1.54, 1.807) is 0 Å². The zero-order chi connectivity index (χ0) is 13.5. The third-order valence-electron chi connectivity index (χ3n) is 2.69. The van der Waals surface area contributed by atoms with E-state index in [9.17, 15) is 0 Å². The quantitative estimate of drug-likeness (QED) is 0.333. The van der Waals surface area contributed by atoms with Gasteiger partial charge in [0, 0.05) is 24.6 Å². The lowest BCUT2D eigenvalue weighted by Crippen LogP contribution is -2.16. The van der Waals surface area contributed by atoms with Gasteiger partial charge in [0.25, 0.3) is 0 Å². The maximum Gasteiger partial charge on any atom is 0.148 e. The first-order valence-corrected chi connectivity index (χ1v) is 6.30. The van der Waals surface area contributed by atoms with Gasteiger partial charge in [-0.3, -0.25) is 0 Å². The first-order chi connectivity index (χ1) is 8.60. The van der Waals surface area contributed by atoms with Crippen molar-refractivity contribution in [3.05, 3.63) is 11.4 Å². The lowest BCUT2D eigenvalue weighted by atomic mass is 10.2. The Morgan fingerprint density at radius 2 is 1.89 bits per heavy atom. The van der Waals surface area contributed by atoms with Crippen molar-refractivity contribution in [1.82, 2.24) is 9.97 Å². The molecule has 6 nitrogen and oxygen atoms in total. The summed E-state index contributed by atoms with van der Waals surface area (Å²) in [7, 11) is 0. The predicted octanol–water partition coefficient (Wildman–Crippen LogP) is 1.38. The van der Waals surface area contributed by atoms with Crippen LogP contribution in [0.2, 0.25) is 0 Å². The Morgan fingerprint density at radius 3 is 2.44 bits per heavy atom. The summed E-state index contributed by atoms with van der Waals surface area (Å²) in [5.74, 6) is 7.93. The number of nitrogens with zero attached hydrogens (tertiary/aromatic N) is 2. The number of hydrazine groups is 1. The number of aliphatic hydroxyl groups is 1. The maximum atomic E-state index is 8.74. The molecule has 0 aliphatic heterocycles. The molecule has 102 valence electrons. The number of nitrogen functional groups attached to an aromatic ring is 1. The molecular formula is C12H23N5O. The van der Waals surface area contributed by atoms with Gasteiger partial charge in [-0.15, -0.1) is 0 Å². The van der Waals surface area contributed by atoms with E-state index >= 15 is 0 Å². The van der Waals surface area contributed by atoms with E-state index < -0.39 is 0 Å². The van der Waals surface area contributed by atoms with Gasteiger partial charge in [0.05, 0.1) is 0 Å². The van der Waals surface area contributed by atoms with Crippen LogP contribution >= 0.6 is 0 Å². The lowest BCUT2D eigenvalue weighted by Gasteiger charge is -2.14. The van der Waals surface area contributed by atoms with Gasteiger partial charge >= 0.3 is 0 Å². The molecule has 1 heterocycles. The molecule has 0 spiro atoms. The molecule has 0 saturated carbocycles. The van der Waals surface area contributed by atoms with Gasteiger partial charge in [0.1, 0.15) is 17.5 Å². The summed E-state index contributed by atoms with van der Waals surface area (Å²) in [6.45, 7) is 7.01. The van der Waals surface area contributed by atoms with Crippen LogP contribution in [-0.2, 0) is 0 Å². The van der Waals surface area contributed by atoms with Crippen LogP contribution in [0.1, 0.15) is 44.0 Å². The zero-order valence-electron chi connectivity index (χ0n) is 11.3. The summed E-state index contributed by atoms with van der Waals surface area (Å²) in [4.78, 5) is 8.87. The standard InChI is InChI=1S/C12H23N5O/c1-8(2)10-15-11(14-6-4-5-7-18)9(3)12(16-10)17-13/h8,18H,4-7,13H2,1-3H3,(H2,14,15,16,17). The fraction of sp³-hybridized carbons (Fsp3) is 0.667. The molecular weight excluding hydrogens is 230 g/mol. The molecule has 18 heavy (non-hydrogen) atoms. The van der Waals surface area contributed by atoms with Crippen LogP contribution in [0.15, 0.2) is 0 Å². The molecule has 0 amide bonds. The Morgan fingerprint density at radius 1 is 1.22 bits per heavy atom. The number of nitrogens with one attached hydrogen (secondary N) is 2. The molecule has 0 fully saturated rings. The Bertz CT molecular complexity index is 381. The summed E-state index contributed by atoms with van der Waals surface area (Å²) in [6.07, 6.45) is 1.69. The van der Waals surface area contributed by atoms with Gasteiger partial charge in [-0.25, -0.2) is 15.8 Å². The number of hydrogen-bond donors (Lipinski definition) is 4. The number of unbranched alkanes of at least 4 members (excludes halogenated alkanes) is 1. The smallest absolute Gasteiger partial charge is 0.148 e. The highest BCUT2D eigenvalue weighted by Crippen LogP contribution is 2.22. The first-order valence-electron chi connectivity index (χ1n) is 6.30. The van der Waals surface area contributed by atoms with Gasteiger partial charge in [-0.2, -0.15) is 0 Å². The highest BCUT2D eigenvalue weighted by Gasteiger charge is 2.11. The molecule has 1 aromatic rings. The second kappa shape index (κ2) is 7.13. The SMILES string of the molecule is Cc1c(NN)nc(C(C)C)nc1NCCCCO. The third kappa shape index (κ3) is 3.82. The second-order valence-electron chi connectivity index (χ2n) is 4.56. The Balaban J connectivity index is 2.84. The lowest BCUT2D eigenvalue weighted by molar-refractivity contribution is 0.286. The van der Waals surface area contributed by atoms with Crippen LogP contribution in [-0.4, -0.2) is 28.2 Å². The van der Waals surface area contributed by atoms with Crippen molar-refractivity contribution in [1.29, 1.82) is 0 Å². The van der Waals surface area contributed by atoms with Gasteiger partial charge in [0.2, 0.25) is 0 Å². The third-order valence-corrected chi connectivity index (χ3v) is 2.69. The van der Waals surface area contributed by atoms with Crippen molar-refractivity contribution in [2.75, 3.05) is 23.9 Å². The molecule has 6 heteroatoms. The Labute approximate surface area is 108 Å². The van der Waals surface area contributed by atoms with Crippen LogP contribution in [0, 0.1) is 6.92 Å². The van der Waals surface area contributed by atoms with E-state index in [0.29, 0.717) is 5.82 Å². The number of anilines is 2. The molecule has 1 rings (SSSR count). The van der Waals surface area contributed by atoms with Crippen LogP contribution in [0.5, 0.6) is 0 Å². The van der Waals surface area contributed by atoms with Gasteiger partial charge in [0.15, 0.2) is 0 Å². The summed E-state index contributed by atoms with van der Waals surface area (Å²) < 4.78 is 0. The van der Waals surface area contributed by atoms with E-state index in [1.807, 2.05) is 20.8 Å². The Kier molecular flexibility index (Phi) is 5.80. The average Bonchev–Trinajstić information content (AvgIpc) is 2.36. The highest BCUT2D eigenvalue weighted by atomic mass is 16.2. The van der Waals surface area contributed by atoms with Crippen molar-refractivity contribution in [2.45, 2.75) is 39.5 Å². The van der Waals surface area contributed by atoms with Crippen molar-refractivity contribution >= 4 is 11.6 Å². The first kappa shape index (κ1) is 14.7. The monoisotopic (exact) mass is 253 g/mol. The average molecular weight is 253 g/mol. The van der Waals surface area contributed by atoms with Crippen LogP contribution in [0.3, 0.4) is 0 Å². The summed E-state index contributed by atoms with van der Waals surface area (Å²) in [5, 5.41) is 12.0. The van der Waals surface area contributed by atoms with E-state index in [1.165, 1.54) is 0 Å². The van der Waals surface area contributed by atoms with Crippen molar-refractivity contribution in [3.63, 3.8) is 0 Å². The molecule has 0 aliphatic carbocycles. The number of hydrogen-bond acceptors (Lipinski definition) is 6. The minimum absolute atomic E-state index is 0.220. The molecule has 5 N–H and O–H groups in total. The predicted molar refractivity (Wildman–Crippen MR) is 73.5 cm³/mol. The summed E-state index contributed by atoms with van der Waals surface area (Å²) >= 11 is 0. The molecule has 0 radical (unpaired) electrons. The minimum Gasteiger partial charge on any atom is -0.396 e. The fourth-order valence-corrected chi connectivity index (χ4v) is 1.55. The maximum absolute atomic E-state index is 8.74. The van der Waals surface area contributed by atoms with Crippen LogP contribution in [0.4, 0.5) is 11.6 Å². The zero-order valence-corrected chi connectivity index (χ0v) is 11.3. The normalized spacial score (nSPS) is 10.8.